The Kier molecular flexibility index (Phi) is 3.94. The number of halogens is 4. The summed E-state index contributed by atoms with van der Waals surface area (Å²) in [5.41, 5.74) is -0.507. The smallest absolute Gasteiger partial charge is 0.205 e. The quantitative estimate of drug-likeness (QED) is 0.440. The summed E-state index contributed by atoms with van der Waals surface area (Å²) in [5, 5.41) is 0. The van der Waals surface area contributed by atoms with E-state index < -0.39 is 34.6 Å². The second-order valence-corrected chi connectivity index (χ2v) is 3.78. The van der Waals surface area contributed by atoms with E-state index in [0.29, 0.717) is 5.56 Å². The maximum atomic E-state index is 13.6. The second-order valence-electron chi connectivity index (χ2n) is 3.78. The molecular weight excluding hydrogens is 272 g/mol. The molecule has 2 aromatic rings. The van der Waals surface area contributed by atoms with Crippen molar-refractivity contribution in [1.29, 1.82) is 0 Å². The van der Waals surface area contributed by atoms with Gasteiger partial charge < -0.3 is 4.74 Å². The molecule has 0 bridgehead atoms. The fourth-order valence-electron chi connectivity index (χ4n) is 1.56. The highest BCUT2D eigenvalue weighted by atomic mass is 19.2. The van der Waals surface area contributed by atoms with Gasteiger partial charge in [0.05, 0.1) is 7.11 Å². The molecule has 0 spiro atoms. The van der Waals surface area contributed by atoms with Crippen molar-refractivity contribution in [2.75, 3.05) is 7.11 Å². The first-order chi connectivity index (χ1) is 9.56. The van der Waals surface area contributed by atoms with Crippen LogP contribution in [0, 0.1) is 35.1 Å². The van der Waals surface area contributed by atoms with Crippen molar-refractivity contribution in [3.05, 3.63) is 64.7 Å². The van der Waals surface area contributed by atoms with Gasteiger partial charge >= 0.3 is 0 Å². The van der Waals surface area contributed by atoms with Crippen molar-refractivity contribution in [2.45, 2.75) is 0 Å². The standard InChI is InChI=1S/C15H8F4O/c1-20-15-13(18)11(16)10(12(17)14(15)19)8-7-9-5-3-2-4-6-9/h2-6H,1H3. The Hall–Kier alpha value is -2.48. The highest BCUT2D eigenvalue weighted by Crippen LogP contribution is 2.29. The summed E-state index contributed by atoms with van der Waals surface area (Å²) < 4.78 is 58.4. The molecule has 0 radical (unpaired) electrons. The molecule has 0 fully saturated rings. The number of ether oxygens (including phenoxy) is 1. The molecule has 0 heterocycles. The van der Waals surface area contributed by atoms with Gasteiger partial charge in [-0.3, -0.25) is 0 Å². The normalized spacial score (nSPS) is 9.85. The largest absolute Gasteiger partial charge is 0.491 e. The lowest BCUT2D eigenvalue weighted by Gasteiger charge is -2.07. The maximum absolute atomic E-state index is 13.6. The van der Waals surface area contributed by atoms with E-state index in [1.54, 1.807) is 30.3 Å². The molecule has 0 aromatic heterocycles. The van der Waals surface area contributed by atoms with Crippen LogP contribution in [-0.2, 0) is 0 Å². The zero-order valence-electron chi connectivity index (χ0n) is 10.3. The highest BCUT2D eigenvalue weighted by molar-refractivity contribution is 5.47. The van der Waals surface area contributed by atoms with E-state index in [4.69, 9.17) is 0 Å². The molecule has 102 valence electrons. The predicted molar refractivity (Wildman–Crippen MR) is 65.2 cm³/mol. The average molecular weight is 280 g/mol. The topological polar surface area (TPSA) is 9.23 Å². The molecule has 0 saturated heterocycles. The van der Waals surface area contributed by atoms with E-state index in [0.717, 1.165) is 7.11 Å². The molecule has 0 aliphatic carbocycles. The molecule has 0 unspecified atom stereocenters. The summed E-state index contributed by atoms with van der Waals surface area (Å²) in [6.07, 6.45) is 0. The van der Waals surface area contributed by atoms with Crippen LogP contribution in [0.5, 0.6) is 5.75 Å². The molecule has 20 heavy (non-hydrogen) atoms. The minimum atomic E-state index is -1.61. The van der Waals surface area contributed by atoms with Crippen LogP contribution in [-0.4, -0.2) is 7.11 Å². The number of benzene rings is 2. The van der Waals surface area contributed by atoms with Crippen molar-refractivity contribution in [3.8, 4) is 17.6 Å². The summed E-state index contributed by atoms with van der Waals surface area (Å²) in [4.78, 5) is 0. The maximum Gasteiger partial charge on any atom is 0.205 e. The van der Waals surface area contributed by atoms with E-state index in [2.05, 4.69) is 16.6 Å². The zero-order valence-corrected chi connectivity index (χ0v) is 10.3. The first-order valence-electron chi connectivity index (χ1n) is 5.53. The van der Waals surface area contributed by atoms with Crippen molar-refractivity contribution in [3.63, 3.8) is 0 Å². The van der Waals surface area contributed by atoms with Gasteiger partial charge in [0.1, 0.15) is 5.56 Å². The van der Waals surface area contributed by atoms with E-state index in [-0.39, 0.29) is 0 Å². The van der Waals surface area contributed by atoms with Gasteiger partial charge in [0, 0.05) is 5.56 Å². The summed E-state index contributed by atoms with van der Waals surface area (Å²) in [7, 11) is 0.912. The lowest BCUT2D eigenvalue weighted by molar-refractivity contribution is 0.331. The summed E-state index contributed by atoms with van der Waals surface area (Å²) in [6, 6.07) is 8.27. The Labute approximate surface area is 112 Å². The fourth-order valence-corrected chi connectivity index (χ4v) is 1.56. The van der Waals surface area contributed by atoms with Gasteiger partial charge in [-0.15, -0.1) is 0 Å². The Morgan fingerprint density at radius 2 is 1.35 bits per heavy atom. The Morgan fingerprint density at radius 3 is 1.85 bits per heavy atom. The summed E-state index contributed by atoms with van der Waals surface area (Å²) >= 11 is 0. The first kappa shape index (κ1) is 13.9. The lowest BCUT2D eigenvalue weighted by Crippen LogP contribution is -2.04. The van der Waals surface area contributed by atoms with Gasteiger partial charge in [-0.25, -0.2) is 8.78 Å². The SMILES string of the molecule is COc1c(F)c(F)c(C#Cc2ccccc2)c(F)c1F. The highest BCUT2D eigenvalue weighted by Gasteiger charge is 2.25. The van der Waals surface area contributed by atoms with Gasteiger partial charge in [0.2, 0.25) is 11.6 Å². The minimum absolute atomic E-state index is 0.461. The third kappa shape index (κ3) is 2.45. The zero-order chi connectivity index (χ0) is 14.7. The van der Waals surface area contributed by atoms with Gasteiger partial charge in [-0.1, -0.05) is 30.0 Å². The second kappa shape index (κ2) is 5.66. The third-order valence-electron chi connectivity index (χ3n) is 2.53. The molecule has 0 aliphatic heterocycles. The molecule has 0 atom stereocenters. The third-order valence-corrected chi connectivity index (χ3v) is 2.53. The van der Waals surface area contributed by atoms with Crippen LogP contribution in [0.2, 0.25) is 0 Å². The summed E-state index contributed by atoms with van der Waals surface area (Å²) in [5.74, 6) is -2.96. The van der Waals surface area contributed by atoms with Crippen LogP contribution in [0.15, 0.2) is 30.3 Å². The monoisotopic (exact) mass is 280 g/mol. The molecule has 0 saturated carbocycles. The van der Waals surface area contributed by atoms with Crippen LogP contribution in [0.4, 0.5) is 17.6 Å². The Bertz CT molecular complexity index is 670. The van der Waals surface area contributed by atoms with E-state index in [9.17, 15) is 17.6 Å². The molecule has 5 heteroatoms. The molecule has 1 nitrogen and oxygen atoms in total. The van der Waals surface area contributed by atoms with E-state index in [1.807, 2.05) is 0 Å². The fraction of sp³-hybridized carbons (Fsp3) is 0.0667. The van der Waals surface area contributed by atoms with Crippen LogP contribution in [0.25, 0.3) is 0 Å². The van der Waals surface area contributed by atoms with E-state index >= 15 is 0 Å². The lowest BCUT2D eigenvalue weighted by atomic mass is 10.1. The number of methoxy groups -OCH3 is 1. The Balaban J connectivity index is 2.57. The van der Waals surface area contributed by atoms with E-state index in [1.165, 1.54) is 0 Å². The number of rotatable bonds is 1. The molecule has 0 N–H and O–H groups in total. The first-order valence-corrected chi connectivity index (χ1v) is 5.53. The van der Waals surface area contributed by atoms with Crippen molar-refractivity contribution < 1.29 is 22.3 Å². The van der Waals surface area contributed by atoms with Crippen molar-refractivity contribution >= 4 is 0 Å². The number of hydrogen-bond acceptors (Lipinski definition) is 1. The van der Waals surface area contributed by atoms with Crippen LogP contribution >= 0.6 is 0 Å². The minimum Gasteiger partial charge on any atom is -0.491 e. The predicted octanol–water partition coefficient (Wildman–Crippen LogP) is 3.65. The summed E-state index contributed by atoms with van der Waals surface area (Å²) in [6.45, 7) is 0. The van der Waals surface area contributed by atoms with Gasteiger partial charge in [0.25, 0.3) is 0 Å². The van der Waals surface area contributed by atoms with Crippen molar-refractivity contribution in [2.24, 2.45) is 0 Å². The molecule has 0 amide bonds. The van der Waals surface area contributed by atoms with Gasteiger partial charge in [0.15, 0.2) is 17.4 Å². The van der Waals surface area contributed by atoms with Gasteiger partial charge in [-0.2, -0.15) is 8.78 Å². The number of hydrogen-bond donors (Lipinski definition) is 0. The Morgan fingerprint density at radius 1 is 0.800 bits per heavy atom. The average Bonchev–Trinajstić information content (AvgIpc) is 2.47. The molecule has 0 aliphatic rings. The van der Waals surface area contributed by atoms with Gasteiger partial charge in [-0.05, 0) is 12.1 Å². The van der Waals surface area contributed by atoms with Crippen molar-refractivity contribution in [1.82, 2.24) is 0 Å². The molecular formula is C15H8F4O. The van der Waals surface area contributed by atoms with Crippen LogP contribution in [0.1, 0.15) is 11.1 Å². The van der Waals surface area contributed by atoms with Crippen LogP contribution < -0.4 is 4.74 Å². The molecule has 2 rings (SSSR count). The molecule has 2 aromatic carbocycles. The van der Waals surface area contributed by atoms with Crippen LogP contribution in [0.3, 0.4) is 0 Å².